The fraction of sp³-hybridized carbons (Fsp3) is 1.00. The van der Waals surface area contributed by atoms with Crippen molar-refractivity contribution < 1.29 is 4.74 Å². The van der Waals surface area contributed by atoms with E-state index in [1.165, 1.54) is 0 Å². The molecular formula is C7H12Br2O. The van der Waals surface area contributed by atoms with Gasteiger partial charge in [0.1, 0.15) is 0 Å². The van der Waals surface area contributed by atoms with Gasteiger partial charge in [0.2, 0.25) is 0 Å². The summed E-state index contributed by atoms with van der Waals surface area (Å²) in [5, 5.41) is 1.02. The molecule has 2 unspecified atom stereocenters. The summed E-state index contributed by atoms with van der Waals surface area (Å²) in [7, 11) is 0. The van der Waals surface area contributed by atoms with E-state index in [0.29, 0.717) is 5.92 Å². The van der Waals surface area contributed by atoms with Crippen molar-refractivity contribution in [2.75, 3.05) is 18.5 Å². The molecule has 0 aromatic heterocycles. The maximum atomic E-state index is 5.35. The Labute approximate surface area is 78.8 Å². The van der Waals surface area contributed by atoms with Crippen LogP contribution in [0.4, 0.5) is 0 Å². The molecule has 10 heavy (non-hydrogen) atoms. The molecule has 0 aromatic rings. The van der Waals surface area contributed by atoms with E-state index < -0.39 is 0 Å². The molecule has 0 spiro atoms. The minimum Gasteiger partial charge on any atom is -0.381 e. The van der Waals surface area contributed by atoms with Crippen molar-refractivity contribution in [3.63, 3.8) is 0 Å². The molecule has 0 aromatic carbocycles. The van der Waals surface area contributed by atoms with Gasteiger partial charge in [-0.05, 0) is 13.3 Å². The van der Waals surface area contributed by atoms with Gasteiger partial charge < -0.3 is 4.74 Å². The average molecular weight is 272 g/mol. The number of ether oxygens (including phenoxy) is 1. The number of halogens is 2. The van der Waals surface area contributed by atoms with Crippen LogP contribution in [0.15, 0.2) is 0 Å². The first-order valence-corrected chi connectivity index (χ1v) is 5.41. The van der Waals surface area contributed by atoms with Gasteiger partial charge in [0.15, 0.2) is 0 Å². The van der Waals surface area contributed by atoms with Gasteiger partial charge in [0.05, 0.1) is 6.61 Å². The van der Waals surface area contributed by atoms with Crippen LogP contribution in [0.3, 0.4) is 0 Å². The summed E-state index contributed by atoms with van der Waals surface area (Å²) in [6.07, 6.45) is 1.11. The minimum atomic E-state index is 0.286. The molecule has 1 fully saturated rings. The summed E-state index contributed by atoms with van der Waals surface area (Å²) in [6.45, 7) is 4.01. The van der Waals surface area contributed by atoms with Crippen LogP contribution in [0, 0.1) is 5.92 Å². The minimum absolute atomic E-state index is 0.286. The third-order valence-electron chi connectivity index (χ3n) is 2.09. The third-order valence-corrected chi connectivity index (χ3v) is 3.92. The molecule has 0 saturated carbocycles. The second kappa shape index (κ2) is 3.55. The van der Waals surface area contributed by atoms with Crippen LogP contribution in [0.2, 0.25) is 0 Å². The van der Waals surface area contributed by atoms with Gasteiger partial charge in [-0.1, -0.05) is 31.9 Å². The standard InChI is InChI=1S/C7H12Br2O/c1-7(9)2-3-10-5-6(7)4-8/h6H,2-5H2,1H3. The first kappa shape index (κ1) is 9.01. The van der Waals surface area contributed by atoms with Crippen LogP contribution in [-0.4, -0.2) is 22.9 Å². The monoisotopic (exact) mass is 270 g/mol. The molecule has 2 atom stereocenters. The highest BCUT2D eigenvalue weighted by molar-refractivity contribution is 9.10. The lowest BCUT2D eigenvalue weighted by Gasteiger charge is -2.35. The molecule has 60 valence electrons. The van der Waals surface area contributed by atoms with E-state index in [1.54, 1.807) is 0 Å². The van der Waals surface area contributed by atoms with Crippen molar-refractivity contribution in [3.8, 4) is 0 Å². The summed E-state index contributed by atoms with van der Waals surface area (Å²) >= 11 is 7.19. The van der Waals surface area contributed by atoms with Crippen LogP contribution >= 0.6 is 31.9 Å². The van der Waals surface area contributed by atoms with Crippen LogP contribution in [-0.2, 0) is 4.74 Å². The highest BCUT2D eigenvalue weighted by atomic mass is 79.9. The Hall–Kier alpha value is 0.920. The first-order chi connectivity index (χ1) is 4.67. The Morgan fingerprint density at radius 2 is 2.40 bits per heavy atom. The number of alkyl halides is 2. The molecule has 1 aliphatic heterocycles. The summed E-state index contributed by atoms with van der Waals surface area (Å²) < 4.78 is 5.64. The van der Waals surface area contributed by atoms with Gasteiger partial charge in [-0.3, -0.25) is 0 Å². The topological polar surface area (TPSA) is 9.23 Å². The van der Waals surface area contributed by atoms with Gasteiger partial charge in [0, 0.05) is 22.2 Å². The quantitative estimate of drug-likeness (QED) is 0.666. The summed E-state index contributed by atoms with van der Waals surface area (Å²) in [4.78, 5) is 0. The predicted molar refractivity (Wildman–Crippen MR) is 50.1 cm³/mol. The lowest BCUT2D eigenvalue weighted by Crippen LogP contribution is -2.38. The molecule has 1 heterocycles. The molecule has 0 N–H and O–H groups in total. The number of hydrogen-bond donors (Lipinski definition) is 0. The fourth-order valence-electron chi connectivity index (χ4n) is 1.08. The van der Waals surface area contributed by atoms with E-state index >= 15 is 0 Å². The van der Waals surface area contributed by atoms with Crippen molar-refractivity contribution >= 4 is 31.9 Å². The van der Waals surface area contributed by atoms with Crippen molar-refractivity contribution in [1.82, 2.24) is 0 Å². The summed E-state index contributed by atoms with van der Waals surface area (Å²) in [5.41, 5.74) is 0. The normalized spacial score (nSPS) is 41.7. The summed E-state index contributed by atoms with van der Waals surface area (Å²) in [5.74, 6) is 0.612. The summed E-state index contributed by atoms with van der Waals surface area (Å²) in [6, 6.07) is 0. The number of hydrogen-bond acceptors (Lipinski definition) is 1. The first-order valence-electron chi connectivity index (χ1n) is 3.49. The fourth-order valence-corrected chi connectivity index (χ4v) is 2.87. The van der Waals surface area contributed by atoms with Crippen LogP contribution < -0.4 is 0 Å². The molecular weight excluding hydrogens is 260 g/mol. The van der Waals surface area contributed by atoms with Crippen LogP contribution in [0.25, 0.3) is 0 Å². The Bertz CT molecular complexity index is 114. The Morgan fingerprint density at radius 3 is 2.80 bits per heavy atom. The van der Waals surface area contributed by atoms with Gasteiger partial charge >= 0.3 is 0 Å². The smallest absolute Gasteiger partial charge is 0.0515 e. The highest BCUT2D eigenvalue weighted by Crippen LogP contribution is 2.35. The van der Waals surface area contributed by atoms with E-state index in [9.17, 15) is 0 Å². The Balaban J connectivity index is 2.51. The van der Waals surface area contributed by atoms with Gasteiger partial charge in [-0.15, -0.1) is 0 Å². The zero-order valence-corrected chi connectivity index (χ0v) is 9.24. The second-order valence-corrected chi connectivity index (χ2v) is 5.41. The largest absolute Gasteiger partial charge is 0.381 e. The molecule has 1 saturated heterocycles. The molecule has 1 rings (SSSR count). The molecule has 0 radical (unpaired) electrons. The van der Waals surface area contributed by atoms with E-state index in [4.69, 9.17) is 4.74 Å². The zero-order chi connectivity index (χ0) is 7.61. The van der Waals surface area contributed by atoms with Gasteiger partial charge in [-0.2, -0.15) is 0 Å². The van der Waals surface area contributed by atoms with Crippen molar-refractivity contribution in [1.29, 1.82) is 0 Å². The molecule has 0 amide bonds. The zero-order valence-electron chi connectivity index (χ0n) is 6.07. The van der Waals surface area contributed by atoms with Gasteiger partial charge in [0.25, 0.3) is 0 Å². The van der Waals surface area contributed by atoms with E-state index in [0.717, 1.165) is 25.0 Å². The van der Waals surface area contributed by atoms with Crippen molar-refractivity contribution in [2.45, 2.75) is 17.7 Å². The van der Waals surface area contributed by atoms with Crippen LogP contribution in [0.5, 0.6) is 0 Å². The lowest BCUT2D eigenvalue weighted by atomic mass is 9.92. The van der Waals surface area contributed by atoms with E-state index in [2.05, 4.69) is 38.8 Å². The molecule has 1 nitrogen and oxygen atoms in total. The third kappa shape index (κ3) is 1.95. The highest BCUT2D eigenvalue weighted by Gasteiger charge is 2.33. The van der Waals surface area contributed by atoms with E-state index in [-0.39, 0.29) is 4.32 Å². The maximum Gasteiger partial charge on any atom is 0.0515 e. The molecule has 0 bridgehead atoms. The average Bonchev–Trinajstić information content (AvgIpc) is 1.87. The van der Waals surface area contributed by atoms with Crippen molar-refractivity contribution in [2.24, 2.45) is 5.92 Å². The second-order valence-electron chi connectivity index (χ2n) is 2.95. The van der Waals surface area contributed by atoms with Crippen LogP contribution in [0.1, 0.15) is 13.3 Å². The predicted octanol–water partition coefficient (Wildman–Crippen LogP) is 2.57. The SMILES string of the molecule is CC1(Br)CCOCC1CBr. The Kier molecular flexibility index (Phi) is 3.20. The lowest BCUT2D eigenvalue weighted by molar-refractivity contribution is 0.0468. The molecule has 0 aliphatic carbocycles. The number of rotatable bonds is 1. The maximum absolute atomic E-state index is 5.35. The van der Waals surface area contributed by atoms with E-state index in [1.807, 2.05) is 0 Å². The Morgan fingerprint density at radius 1 is 1.70 bits per heavy atom. The molecule has 1 aliphatic rings. The van der Waals surface area contributed by atoms with Gasteiger partial charge in [-0.25, -0.2) is 0 Å². The van der Waals surface area contributed by atoms with Crippen molar-refractivity contribution in [3.05, 3.63) is 0 Å². The molecule has 3 heteroatoms.